The molecular weight excluding hydrogens is 651 g/mol. The minimum Gasteiger partial charge on any atom is -0.351 e. The number of halogens is 15. The molecule has 0 spiro atoms. The molecule has 0 aliphatic heterocycles. The Kier molecular flexibility index (Phi) is 18.1. The highest BCUT2D eigenvalue weighted by atomic mass is 28.3. The first-order valence-corrected chi connectivity index (χ1v) is 17.7. The van der Waals surface area contributed by atoms with Crippen molar-refractivity contribution in [3.63, 3.8) is 0 Å². The first-order chi connectivity index (χ1) is 19.9. The van der Waals surface area contributed by atoms with Crippen LogP contribution in [0.2, 0.25) is 18.1 Å². The fourth-order valence-corrected chi connectivity index (χ4v) is 8.48. The monoisotopic (exact) mass is 695 g/mol. The van der Waals surface area contributed by atoms with Crippen LogP contribution in [-0.4, -0.2) is 44.5 Å². The molecule has 0 rings (SSSR count). The van der Waals surface area contributed by atoms with E-state index in [9.17, 15) is 65.9 Å². The first kappa shape index (κ1) is 43.1. The van der Waals surface area contributed by atoms with Crippen LogP contribution in [0.15, 0.2) is 0 Å². The third-order valence-corrected chi connectivity index (χ3v) is 11.8. The molecule has 0 aromatic rings. The Morgan fingerprint density at radius 2 is 0.477 bits per heavy atom. The van der Waals surface area contributed by atoms with Crippen molar-refractivity contribution in [2.45, 2.75) is 170 Å². The highest BCUT2D eigenvalue weighted by Gasteiger charge is 2.57. The van der Waals surface area contributed by atoms with Gasteiger partial charge in [-0.15, -0.1) is 0 Å². The molecule has 17 heteroatoms. The van der Waals surface area contributed by atoms with Gasteiger partial charge in [0.05, 0.1) is 0 Å². The summed E-state index contributed by atoms with van der Waals surface area (Å²) in [5, 5.41) is 6.70. The molecule has 1 nitrogen and oxygen atoms in total. The third kappa shape index (κ3) is 17.2. The van der Waals surface area contributed by atoms with Gasteiger partial charge in [-0.05, 0) is 37.4 Å². The van der Waals surface area contributed by atoms with Gasteiger partial charge in [-0.3, -0.25) is 0 Å². The lowest BCUT2D eigenvalue weighted by molar-refractivity contribution is -0.284. The normalized spacial score (nSPS) is 14.5. The molecule has 0 saturated heterocycles. The van der Waals surface area contributed by atoms with E-state index in [0.717, 1.165) is 0 Å². The predicted octanol–water partition coefficient (Wildman–Crippen LogP) is 12.5. The maximum Gasteiger partial charge on any atom is 0.453 e. The predicted molar refractivity (Wildman–Crippen MR) is 140 cm³/mol. The molecule has 0 bridgehead atoms. The van der Waals surface area contributed by atoms with Gasteiger partial charge in [-0.2, -0.15) is 65.9 Å². The fraction of sp³-hybridized carbons (Fsp3) is 1.00. The van der Waals surface area contributed by atoms with Crippen molar-refractivity contribution >= 4 is 8.24 Å². The number of rotatable bonds is 24. The van der Waals surface area contributed by atoms with Crippen LogP contribution in [0.5, 0.6) is 0 Å². The second-order valence-corrected chi connectivity index (χ2v) is 16.0. The van der Waals surface area contributed by atoms with Crippen molar-refractivity contribution in [2.24, 2.45) is 5.40 Å². The van der Waals surface area contributed by atoms with Gasteiger partial charge < -0.3 is 5.40 Å². The molecule has 0 saturated carbocycles. The Hall–Kier alpha value is -0.873. The molecule has 0 aromatic heterocycles. The molecule has 0 aliphatic rings. The van der Waals surface area contributed by atoms with E-state index in [1.165, 1.54) is 0 Å². The zero-order valence-electron chi connectivity index (χ0n) is 24.6. The molecular formula is C27H44F15NSi. The largest absolute Gasteiger partial charge is 0.453 e. The molecule has 0 heterocycles. The maximum atomic E-state index is 13.0. The van der Waals surface area contributed by atoms with Crippen molar-refractivity contribution in [3.05, 3.63) is 0 Å². The van der Waals surface area contributed by atoms with E-state index in [4.69, 9.17) is 5.40 Å². The van der Waals surface area contributed by atoms with E-state index in [2.05, 4.69) is 0 Å². The quantitative estimate of drug-likeness (QED) is 0.0607. The van der Waals surface area contributed by atoms with Crippen molar-refractivity contribution in [1.82, 2.24) is 0 Å². The smallest absolute Gasteiger partial charge is 0.351 e. The highest BCUT2D eigenvalue weighted by molar-refractivity contribution is 6.76. The summed E-state index contributed by atoms with van der Waals surface area (Å²) >= 11 is 0. The Labute approximate surface area is 250 Å². The average molecular weight is 696 g/mol. The molecule has 0 radical (unpaired) electrons. The van der Waals surface area contributed by atoms with Crippen molar-refractivity contribution < 1.29 is 65.9 Å². The van der Waals surface area contributed by atoms with Crippen LogP contribution in [0.1, 0.15) is 116 Å². The summed E-state index contributed by atoms with van der Waals surface area (Å²) in [5.41, 5.74) is 0. The number of nitrogens with two attached hydrogens (primary N) is 1. The van der Waals surface area contributed by atoms with Crippen LogP contribution in [0, 0.1) is 0 Å². The average Bonchev–Trinajstić information content (AvgIpc) is 2.85. The third-order valence-electron chi connectivity index (χ3n) is 7.74. The lowest BCUT2D eigenvalue weighted by Crippen LogP contribution is -2.45. The Bertz CT molecular complexity index is 666. The van der Waals surface area contributed by atoms with Crippen molar-refractivity contribution in [3.8, 4) is 0 Å². The summed E-state index contributed by atoms with van der Waals surface area (Å²) in [6, 6.07) is 1.80. The van der Waals surface area contributed by atoms with Gasteiger partial charge >= 0.3 is 36.3 Å². The van der Waals surface area contributed by atoms with Gasteiger partial charge in [0, 0.05) is 19.3 Å². The number of alkyl halides is 15. The molecule has 44 heavy (non-hydrogen) atoms. The molecule has 266 valence electrons. The molecule has 0 fully saturated rings. The lowest BCUT2D eigenvalue weighted by Gasteiger charge is -2.27. The molecule has 0 aromatic carbocycles. The maximum absolute atomic E-state index is 13.0. The zero-order chi connectivity index (χ0) is 34.3. The lowest BCUT2D eigenvalue weighted by atomic mass is 10.1. The molecule has 2 N–H and O–H groups in total. The number of hydrogen-bond acceptors (Lipinski definition) is 1. The number of hydrogen-bond donors (Lipinski definition) is 1. The van der Waals surface area contributed by atoms with Crippen LogP contribution < -0.4 is 5.40 Å². The minimum absolute atomic E-state index is 0.172. The first-order valence-electron chi connectivity index (χ1n) is 15.0. The second kappa shape index (κ2) is 18.5. The highest BCUT2D eigenvalue weighted by Crippen LogP contribution is 2.41. The zero-order valence-corrected chi connectivity index (χ0v) is 25.6. The van der Waals surface area contributed by atoms with E-state index in [1.807, 2.05) is 0 Å². The summed E-state index contributed by atoms with van der Waals surface area (Å²) in [6.07, 6.45) is -16.4. The van der Waals surface area contributed by atoms with Crippen LogP contribution in [0.4, 0.5) is 65.9 Å². The van der Waals surface area contributed by atoms with Crippen molar-refractivity contribution in [1.29, 1.82) is 0 Å². The van der Waals surface area contributed by atoms with Crippen LogP contribution in [0.25, 0.3) is 0 Å². The Balaban J connectivity index is 4.60. The SMILES string of the molecule is N[Si](CCCCCCCC(F)(F)C(F)(F)F)(CCCCCCCC(F)(F)C(F)(F)F)CCCCCCCC(F)(F)C(F)(F)F. The summed E-state index contributed by atoms with van der Waals surface area (Å²) in [4.78, 5) is 0. The van der Waals surface area contributed by atoms with E-state index < -0.39 is 63.8 Å². The molecule has 0 aliphatic carbocycles. The topological polar surface area (TPSA) is 26.0 Å². The fourth-order valence-electron chi connectivity index (χ4n) is 4.86. The van der Waals surface area contributed by atoms with Crippen LogP contribution in [0.3, 0.4) is 0 Å². The van der Waals surface area contributed by atoms with E-state index in [0.29, 0.717) is 75.9 Å². The van der Waals surface area contributed by atoms with E-state index in [1.54, 1.807) is 0 Å². The van der Waals surface area contributed by atoms with E-state index >= 15 is 0 Å². The number of unbranched alkanes of at least 4 members (excludes halogenated alkanes) is 12. The van der Waals surface area contributed by atoms with Gasteiger partial charge in [0.1, 0.15) is 8.24 Å². The summed E-state index contributed by atoms with van der Waals surface area (Å²) < 4.78 is 188. The van der Waals surface area contributed by atoms with Gasteiger partial charge in [0.2, 0.25) is 0 Å². The molecule has 0 atom stereocenters. The van der Waals surface area contributed by atoms with Crippen LogP contribution in [-0.2, 0) is 0 Å². The minimum atomic E-state index is -5.60. The summed E-state index contributed by atoms with van der Waals surface area (Å²) in [7, 11) is -2.43. The van der Waals surface area contributed by atoms with Crippen molar-refractivity contribution in [2.75, 3.05) is 0 Å². The van der Waals surface area contributed by atoms with Gasteiger partial charge in [-0.25, -0.2) is 0 Å². The molecule has 0 unspecified atom stereocenters. The van der Waals surface area contributed by atoms with Gasteiger partial charge in [0.15, 0.2) is 0 Å². The summed E-state index contributed by atoms with van der Waals surface area (Å²) in [5.74, 6) is -14.2. The van der Waals surface area contributed by atoms with Gasteiger partial charge in [-0.1, -0.05) is 77.0 Å². The molecule has 0 amide bonds. The second-order valence-electron chi connectivity index (χ2n) is 11.8. The standard InChI is InChI=1S/C27H44F15NSi/c28-22(29,25(34,35)36)16-10-4-1-7-13-19-44(43,20-14-8-2-5-11-17-23(30,31)26(37,38)39)21-15-9-3-6-12-18-24(32,33)27(40,41)42/h1-21,43H2. The van der Waals surface area contributed by atoms with Gasteiger partial charge in [0.25, 0.3) is 0 Å². The Morgan fingerprint density at radius 1 is 0.295 bits per heavy atom. The summed E-state index contributed by atoms with van der Waals surface area (Å²) in [6.45, 7) is 0. The van der Waals surface area contributed by atoms with Crippen LogP contribution >= 0.6 is 0 Å². The Morgan fingerprint density at radius 3 is 0.682 bits per heavy atom. The van der Waals surface area contributed by atoms with E-state index in [-0.39, 0.29) is 38.5 Å².